The van der Waals surface area contributed by atoms with Crippen LogP contribution in [0.2, 0.25) is 0 Å². The van der Waals surface area contributed by atoms with E-state index < -0.39 is 10.0 Å². The molecule has 0 aliphatic rings. The number of nitrogens with two attached hydrogens (primary N) is 1. The fraction of sp³-hybridized carbons (Fsp3) is 0.214. The van der Waals surface area contributed by atoms with Gasteiger partial charge in [-0.1, -0.05) is 29.8 Å². The molecule has 0 fully saturated rings. The van der Waals surface area contributed by atoms with E-state index in [-0.39, 0.29) is 10.1 Å². The van der Waals surface area contributed by atoms with Gasteiger partial charge in [-0.2, -0.15) is 0 Å². The zero-order valence-corrected chi connectivity index (χ0v) is 13.1. The monoisotopic (exact) mass is 324 g/mol. The molecule has 0 aliphatic heterocycles. The average Bonchev–Trinajstić information content (AvgIpc) is 2.85. The van der Waals surface area contributed by atoms with E-state index in [2.05, 4.69) is 5.32 Å². The summed E-state index contributed by atoms with van der Waals surface area (Å²) < 4.78 is 22.4. The molecule has 3 N–H and O–H groups in total. The van der Waals surface area contributed by atoms with Crippen LogP contribution >= 0.6 is 11.3 Å². The molecule has 0 radical (unpaired) electrons. The summed E-state index contributed by atoms with van der Waals surface area (Å²) in [6.45, 7) is 2.27. The van der Waals surface area contributed by atoms with Crippen molar-refractivity contribution in [1.82, 2.24) is 5.32 Å². The van der Waals surface area contributed by atoms with Gasteiger partial charge in [0.25, 0.3) is 0 Å². The molecule has 1 heterocycles. The molecule has 0 spiro atoms. The number of aryl methyl sites for hydroxylation is 1. The van der Waals surface area contributed by atoms with Crippen molar-refractivity contribution in [3.63, 3.8) is 0 Å². The standard InChI is InChI=1S/C14H16N2O3S2/c1-10-3-2-4-11(7-10)8-13(17)16-9-12-5-6-14(20-12)21(15,18)19/h2-7H,8-9H2,1H3,(H,16,17)(H2,15,18,19). The van der Waals surface area contributed by atoms with Crippen LogP contribution in [0.3, 0.4) is 0 Å². The number of nitrogens with one attached hydrogen (secondary N) is 1. The highest BCUT2D eigenvalue weighted by molar-refractivity contribution is 7.91. The maximum absolute atomic E-state index is 11.9. The smallest absolute Gasteiger partial charge is 0.247 e. The SMILES string of the molecule is Cc1cccc(CC(=O)NCc2ccc(S(N)(=O)=O)s2)c1. The average molecular weight is 324 g/mol. The lowest BCUT2D eigenvalue weighted by atomic mass is 10.1. The van der Waals surface area contributed by atoms with E-state index in [9.17, 15) is 13.2 Å². The van der Waals surface area contributed by atoms with E-state index in [1.54, 1.807) is 6.07 Å². The third kappa shape index (κ3) is 4.66. The molecule has 21 heavy (non-hydrogen) atoms. The van der Waals surface area contributed by atoms with Gasteiger partial charge >= 0.3 is 0 Å². The Hall–Kier alpha value is -1.70. The Morgan fingerprint density at radius 2 is 2.05 bits per heavy atom. The Kier molecular flexibility index (Phi) is 4.76. The van der Waals surface area contributed by atoms with Gasteiger partial charge in [-0.15, -0.1) is 11.3 Å². The summed E-state index contributed by atoms with van der Waals surface area (Å²) in [5, 5.41) is 7.81. The van der Waals surface area contributed by atoms with Crippen LogP contribution in [0.1, 0.15) is 16.0 Å². The predicted molar refractivity (Wildman–Crippen MR) is 82.4 cm³/mol. The highest BCUT2D eigenvalue weighted by atomic mass is 32.2. The molecule has 1 aromatic heterocycles. The van der Waals surface area contributed by atoms with E-state index in [4.69, 9.17) is 5.14 Å². The molecule has 0 bridgehead atoms. The second kappa shape index (κ2) is 6.38. The van der Waals surface area contributed by atoms with Gasteiger partial charge in [-0.25, -0.2) is 13.6 Å². The maximum atomic E-state index is 11.9. The largest absolute Gasteiger partial charge is 0.351 e. The number of sulfonamides is 1. The number of thiophene rings is 1. The number of hydrogen-bond donors (Lipinski definition) is 2. The van der Waals surface area contributed by atoms with Gasteiger partial charge < -0.3 is 5.32 Å². The third-order valence-electron chi connectivity index (χ3n) is 2.82. The summed E-state index contributed by atoms with van der Waals surface area (Å²) in [4.78, 5) is 12.6. The van der Waals surface area contributed by atoms with Gasteiger partial charge in [-0.05, 0) is 24.6 Å². The lowest BCUT2D eigenvalue weighted by Gasteiger charge is -2.04. The van der Waals surface area contributed by atoms with Crippen LogP contribution in [-0.2, 0) is 27.8 Å². The van der Waals surface area contributed by atoms with Crippen molar-refractivity contribution in [2.75, 3.05) is 0 Å². The number of benzene rings is 1. The van der Waals surface area contributed by atoms with Crippen LogP contribution in [0.15, 0.2) is 40.6 Å². The van der Waals surface area contributed by atoms with Gasteiger partial charge in [0.1, 0.15) is 4.21 Å². The van der Waals surface area contributed by atoms with Crippen molar-refractivity contribution in [2.45, 2.75) is 24.1 Å². The number of amides is 1. The van der Waals surface area contributed by atoms with Crippen molar-refractivity contribution in [1.29, 1.82) is 0 Å². The van der Waals surface area contributed by atoms with E-state index in [0.29, 0.717) is 13.0 Å². The molecule has 0 saturated carbocycles. The molecule has 1 amide bonds. The van der Waals surface area contributed by atoms with Crippen molar-refractivity contribution in [2.24, 2.45) is 5.14 Å². The van der Waals surface area contributed by atoms with Crippen LogP contribution < -0.4 is 10.5 Å². The summed E-state index contributed by atoms with van der Waals surface area (Å²) in [5.74, 6) is -0.105. The van der Waals surface area contributed by atoms with Gasteiger partial charge in [0.05, 0.1) is 13.0 Å². The van der Waals surface area contributed by atoms with Crippen LogP contribution in [0.4, 0.5) is 0 Å². The molecule has 0 saturated heterocycles. The van der Waals surface area contributed by atoms with Gasteiger partial charge in [-0.3, -0.25) is 4.79 Å². The summed E-state index contributed by atoms with van der Waals surface area (Å²) in [7, 11) is -3.67. The molecular weight excluding hydrogens is 308 g/mol. The molecular formula is C14H16N2O3S2. The first-order valence-electron chi connectivity index (χ1n) is 6.28. The van der Waals surface area contributed by atoms with Gasteiger partial charge in [0.2, 0.25) is 15.9 Å². The van der Waals surface area contributed by atoms with Crippen LogP contribution in [0.25, 0.3) is 0 Å². The zero-order valence-electron chi connectivity index (χ0n) is 11.5. The van der Waals surface area contributed by atoms with Crippen LogP contribution in [-0.4, -0.2) is 14.3 Å². The predicted octanol–water partition coefficient (Wildman–Crippen LogP) is 1.56. The van der Waals surface area contributed by atoms with Crippen molar-refractivity contribution in [3.05, 3.63) is 52.4 Å². The number of hydrogen-bond acceptors (Lipinski definition) is 4. The Bertz CT molecular complexity index is 751. The number of carbonyl (C=O) groups is 1. The molecule has 0 unspecified atom stereocenters. The molecule has 2 aromatic rings. The summed E-state index contributed by atoms with van der Waals surface area (Å²) >= 11 is 1.06. The molecule has 1 aromatic carbocycles. The van der Waals surface area contributed by atoms with Gasteiger partial charge in [0, 0.05) is 4.88 Å². The van der Waals surface area contributed by atoms with Gasteiger partial charge in [0.15, 0.2) is 0 Å². The summed E-state index contributed by atoms with van der Waals surface area (Å²) in [6.07, 6.45) is 0.301. The van der Waals surface area contributed by atoms with Crippen molar-refractivity contribution < 1.29 is 13.2 Å². The first kappa shape index (κ1) is 15.7. The second-order valence-corrected chi connectivity index (χ2v) is 7.66. The number of carbonyl (C=O) groups excluding carboxylic acids is 1. The normalized spacial score (nSPS) is 11.3. The molecule has 5 nitrogen and oxygen atoms in total. The Balaban J connectivity index is 1.91. The minimum absolute atomic E-state index is 0.102. The molecule has 2 rings (SSSR count). The summed E-state index contributed by atoms with van der Waals surface area (Å²) in [5.41, 5.74) is 2.06. The van der Waals surface area contributed by atoms with Crippen LogP contribution in [0, 0.1) is 6.92 Å². The Morgan fingerprint density at radius 3 is 2.67 bits per heavy atom. The lowest BCUT2D eigenvalue weighted by Crippen LogP contribution is -2.24. The van der Waals surface area contributed by atoms with Crippen molar-refractivity contribution >= 4 is 27.3 Å². The Labute approximate surface area is 127 Å². The molecule has 112 valence electrons. The second-order valence-electron chi connectivity index (χ2n) is 4.71. The molecule has 0 aliphatic carbocycles. The zero-order chi connectivity index (χ0) is 15.5. The minimum atomic E-state index is -3.67. The van der Waals surface area contributed by atoms with E-state index >= 15 is 0 Å². The fourth-order valence-electron chi connectivity index (χ4n) is 1.86. The van der Waals surface area contributed by atoms with Crippen molar-refractivity contribution in [3.8, 4) is 0 Å². The van der Waals surface area contributed by atoms with E-state index in [1.165, 1.54) is 6.07 Å². The van der Waals surface area contributed by atoms with Crippen LogP contribution in [0.5, 0.6) is 0 Å². The molecule has 0 atom stereocenters. The molecule has 7 heteroatoms. The quantitative estimate of drug-likeness (QED) is 0.874. The highest BCUT2D eigenvalue weighted by Crippen LogP contribution is 2.19. The first-order chi connectivity index (χ1) is 9.84. The number of rotatable bonds is 5. The topological polar surface area (TPSA) is 89.3 Å². The summed E-state index contributed by atoms with van der Waals surface area (Å²) in [6, 6.07) is 10.8. The fourth-order valence-corrected chi connectivity index (χ4v) is 3.58. The maximum Gasteiger partial charge on any atom is 0.247 e. The minimum Gasteiger partial charge on any atom is -0.351 e. The first-order valence-corrected chi connectivity index (χ1v) is 8.64. The lowest BCUT2D eigenvalue weighted by molar-refractivity contribution is -0.120. The Morgan fingerprint density at radius 1 is 1.29 bits per heavy atom. The highest BCUT2D eigenvalue weighted by Gasteiger charge is 2.11. The van der Waals surface area contributed by atoms with E-state index in [1.807, 2.05) is 31.2 Å². The number of primary sulfonamides is 1. The third-order valence-corrected chi connectivity index (χ3v) is 5.35. The van der Waals surface area contributed by atoms with E-state index in [0.717, 1.165) is 27.3 Å².